The fraction of sp³-hybridized carbons (Fsp3) is 0.500. The number of aromatic amines is 1. The minimum Gasteiger partial charge on any atom is -0.327 e. The molecule has 1 amide bonds. The van der Waals surface area contributed by atoms with E-state index in [4.69, 9.17) is 0 Å². The molecule has 1 aliphatic rings. The van der Waals surface area contributed by atoms with Crippen LogP contribution in [0.4, 0.5) is 18.9 Å². The van der Waals surface area contributed by atoms with Gasteiger partial charge in [0, 0.05) is 12.6 Å². The van der Waals surface area contributed by atoms with Crippen LogP contribution in [0.25, 0.3) is 0 Å². The van der Waals surface area contributed by atoms with Crippen molar-refractivity contribution >= 4 is 21.4 Å². The van der Waals surface area contributed by atoms with Gasteiger partial charge in [0.2, 0.25) is 5.91 Å². The Balaban J connectivity index is 2.07. The van der Waals surface area contributed by atoms with Gasteiger partial charge in [-0.3, -0.25) is 9.59 Å². The first-order chi connectivity index (χ1) is 10.1. The van der Waals surface area contributed by atoms with Crippen LogP contribution in [-0.4, -0.2) is 30.8 Å². The number of hydrogen-bond acceptors (Lipinski definition) is 4. The zero-order valence-electron chi connectivity index (χ0n) is 11.2. The lowest BCUT2D eigenvalue weighted by Crippen LogP contribution is -2.23. The van der Waals surface area contributed by atoms with Crippen LogP contribution >= 0.6 is 0 Å². The number of halogens is 3. The van der Waals surface area contributed by atoms with Crippen LogP contribution in [0.2, 0.25) is 0 Å². The molecule has 0 bridgehead atoms. The summed E-state index contributed by atoms with van der Waals surface area (Å²) in [6.07, 6.45) is -3.96. The van der Waals surface area contributed by atoms with Gasteiger partial charge < -0.3 is 10.3 Å². The Hall–Kier alpha value is -1.84. The summed E-state index contributed by atoms with van der Waals surface area (Å²) in [7, 11) is -3.14. The number of anilines is 1. The van der Waals surface area contributed by atoms with E-state index in [1.54, 1.807) is 0 Å². The summed E-state index contributed by atoms with van der Waals surface area (Å²) in [4.78, 5) is 25.1. The molecule has 1 fully saturated rings. The first-order valence-corrected chi connectivity index (χ1v) is 8.19. The van der Waals surface area contributed by atoms with Crippen LogP contribution in [0.15, 0.2) is 17.1 Å². The number of hydrogen-bond donors (Lipinski definition) is 2. The van der Waals surface area contributed by atoms with Crippen LogP contribution in [0.3, 0.4) is 0 Å². The summed E-state index contributed by atoms with van der Waals surface area (Å²) < 4.78 is 60.2. The Morgan fingerprint density at radius 3 is 2.64 bits per heavy atom. The van der Waals surface area contributed by atoms with E-state index in [2.05, 4.69) is 5.32 Å². The molecule has 1 aliphatic heterocycles. The van der Waals surface area contributed by atoms with Crippen LogP contribution in [0, 0.1) is 5.92 Å². The molecule has 0 radical (unpaired) electrons. The van der Waals surface area contributed by atoms with Crippen LogP contribution in [0.1, 0.15) is 18.4 Å². The van der Waals surface area contributed by atoms with Gasteiger partial charge in [-0.15, -0.1) is 0 Å². The predicted molar refractivity (Wildman–Crippen MR) is 72.1 cm³/mol. The lowest BCUT2D eigenvalue weighted by molar-refractivity contribution is -0.137. The Kier molecular flexibility index (Phi) is 4.32. The maximum atomic E-state index is 12.5. The van der Waals surface area contributed by atoms with Crippen LogP contribution < -0.4 is 10.9 Å². The van der Waals surface area contributed by atoms with E-state index >= 15 is 0 Å². The molecule has 10 heteroatoms. The standard InChI is InChI=1S/C12H13F3N2O4S/c13-12(14,15)8-4-9(11(19)16-5-8)17-10(18)3-7-1-2-22(20,21)6-7/h4-5,7H,1-3,6H2,(H,16,19)(H,17,18). The van der Waals surface area contributed by atoms with Crippen LogP contribution in [-0.2, 0) is 20.8 Å². The molecule has 0 spiro atoms. The molecule has 2 rings (SSSR count). The summed E-state index contributed by atoms with van der Waals surface area (Å²) in [5.41, 5.74) is -2.47. The first-order valence-electron chi connectivity index (χ1n) is 6.37. The monoisotopic (exact) mass is 338 g/mol. The third kappa shape index (κ3) is 4.09. The van der Waals surface area contributed by atoms with Gasteiger partial charge >= 0.3 is 6.18 Å². The van der Waals surface area contributed by atoms with Crippen molar-refractivity contribution in [3.8, 4) is 0 Å². The van der Waals surface area contributed by atoms with Gasteiger partial charge in [-0.2, -0.15) is 13.2 Å². The quantitative estimate of drug-likeness (QED) is 0.864. The largest absolute Gasteiger partial charge is 0.417 e. The van der Waals surface area contributed by atoms with Gasteiger partial charge in [-0.1, -0.05) is 0 Å². The lowest BCUT2D eigenvalue weighted by Gasteiger charge is -2.10. The van der Waals surface area contributed by atoms with Gasteiger partial charge in [-0.05, 0) is 18.4 Å². The summed E-state index contributed by atoms with van der Waals surface area (Å²) in [5.74, 6) is -1.20. The van der Waals surface area contributed by atoms with E-state index < -0.39 is 38.7 Å². The molecule has 0 saturated carbocycles. The fourth-order valence-corrected chi connectivity index (χ4v) is 4.10. The highest BCUT2D eigenvalue weighted by Crippen LogP contribution is 2.29. The Bertz CT molecular complexity index is 739. The zero-order valence-corrected chi connectivity index (χ0v) is 12.1. The van der Waals surface area contributed by atoms with E-state index in [0.29, 0.717) is 18.7 Å². The normalized spacial score (nSPS) is 20.8. The number of sulfone groups is 1. The lowest BCUT2D eigenvalue weighted by atomic mass is 10.1. The average molecular weight is 338 g/mol. The van der Waals surface area contributed by atoms with Crippen molar-refractivity contribution in [2.75, 3.05) is 16.8 Å². The van der Waals surface area contributed by atoms with Gasteiger partial charge in [0.25, 0.3) is 5.56 Å². The molecule has 1 aromatic heterocycles. The predicted octanol–water partition coefficient (Wildman–Crippen LogP) is 1.16. The first kappa shape index (κ1) is 16.5. The number of aromatic nitrogens is 1. The van der Waals surface area contributed by atoms with Crippen LogP contribution in [0.5, 0.6) is 0 Å². The topological polar surface area (TPSA) is 96.1 Å². The number of H-pyrrole nitrogens is 1. The Labute approximate surface area is 123 Å². The average Bonchev–Trinajstić information content (AvgIpc) is 2.70. The van der Waals surface area contributed by atoms with Crippen molar-refractivity contribution < 1.29 is 26.4 Å². The minimum atomic E-state index is -4.65. The summed E-state index contributed by atoms with van der Waals surface area (Å²) in [5, 5.41) is 2.10. The second-order valence-electron chi connectivity index (χ2n) is 5.15. The molecule has 6 nitrogen and oxygen atoms in total. The van der Waals surface area contributed by atoms with Crippen molar-refractivity contribution in [1.29, 1.82) is 0 Å². The zero-order chi connectivity index (χ0) is 16.5. The van der Waals surface area contributed by atoms with Gasteiger partial charge in [0.15, 0.2) is 9.84 Å². The van der Waals surface area contributed by atoms with E-state index in [-0.39, 0.29) is 23.8 Å². The number of alkyl halides is 3. The Morgan fingerprint density at radius 1 is 1.41 bits per heavy atom. The highest BCUT2D eigenvalue weighted by atomic mass is 32.2. The smallest absolute Gasteiger partial charge is 0.327 e. The van der Waals surface area contributed by atoms with Crippen molar-refractivity contribution in [2.45, 2.75) is 19.0 Å². The van der Waals surface area contributed by atoms with Crippen molar-refractivity contribution in [2.24, 2.45) is 5.92 Å². The number of rotatable bonds is 3. The van der Waals surface area contributed by atoms with Gasteiger partial charge in [0.1, 0.15) is 5.69 Å². The second-order valence-corrected chi connectivity index (χ2v) is 7.38. The molecule has 1 atom stereocenters. The highest BCUT2D eigenvalue weighted by Gasteiger charge is 2.32. The van der Waals surface area contributed by atoms with E-state index in [9.17, 15) is 31.2 Å². The molecular weight excluding hydrogens is 325 g/mol. The maximum absolute atomic E-state index is 12.5. The molecule has 122 valence electrons. The van der Waals surface area contributed by atoms with Gasteiger partial charge in [-0.25, -0.2) is 8.42 Å². The van der Waals surface area contributed by atoms with E-state index in [1.807, 2.05) is 4.98 Å². The third-order valence-electron chi connectivity index (χ3n) is 3.31. The number of nitrogens with one attached hydrogen (secondary N) is 2. The molecule has 1 saturated heterocycles. The molecule has 22 heavy (non-hydrogen) atoms. The summed E-state index contributed by atoms with van der Waals surface area (Å²) in [6.45, 7) is 0. The summed E-state index contributed by atoms with van der Waals surface area (Å²) >= 11 is 0. The molecule has 0 aliphatic carbocycles. The number of carbonyl (C=O) groups excluding carboxylic acids is 1. The third-order valence-corrected chi connectivity index (χ3v) is 5.14. The van der Waals surface area contributed by atoms with E-state index in [0.717, 1.165) is 0 Å². The molecule has 1 aromatic rings. The number of amides is 1. The molecule has 0 aromatic carbocycles. The number of pyridine rings is 1. The van der Waals surface area contributed by atoms with E-state index in [1.165, 1.54) is 0 Å². The Morgan fingerprint density at radius 2 is 2.09 bits per heavy atom. The highest BCUT2D eigenvalue weighted by molar-refractivity contribution is 7.91. The molecular formula is C12H13F3N2O4S. The van der Waals surface area contributed by atoms with Crippen molar-refractivity contribution in [1.82, 2.24) is 4.98 Å². The maximum Gasteiger partial charge on any atom is 0.417 e. The molecule has 1 unspecified atom stereocenters. The minimum absolute atomic E-state index is 0.00487. The van der Waals surface area contributed by atoms with Gasteiger partial charge in [0.05, 0.1) is 17.1 Å². The second kappa shape index (κ2) is 5.75. The fourth-order valence-electron chi connectivity index (χ4n) is 2.24. The molecule has 2 N–H and O–H groups in total. The van der Waals surface area contributed by atoms with Crippen molar-refractivity contribution in [3.63, 3.8) is 0 Å². The van der Waals surface area contributed by atoms with Crippen molar-refractivity contribution in [3.05, 3.63) is 28.2 Å². The SMILES string of the molecule is O=C(CC1CCS(=O)(=O)C1)Nc1cc(C(F)(F)F)c[nH]c1=O. The number of carbonyl (C=O) groups is 1. The summed E-state index contributed by atoms with van der Waals surface area (Å²) in [6, 6.07) is 0.544. The molecule has 2 heterocycles.